The fourth-order valence-corrected chi connectivity index (χ4v) is 4.43. The number of benzene rings is 2. The number of thiazole rings is 1. The molecule has 0 amide bonds. The molecule has 3 rings (SSSR count). The zero-order valence-electron chi connectivity index (χ0n) is 18.6. The van der Waals surface area contributed by atoms with Crippen LogP contribution in [0.4, 0.5) is 5.69 Å². The number of rotatable bonds is 6. The van der Waals surface area contributed by atoms with Crippen molar-refractivity contribution in [2.45, 2.75) is 20.8 Å². The fraction of sp³-hybridized carbons (Fsp3) is 0.148. The minimum Gasteiger partial charge on any atom is -0.348 e. The molecule has 0 saturated carbocycles. The van der Waals surface area contributed by atoms with Gasteiger partial charge in [-0.05, 0) is 91.6 Å². The van der Waals surface area contributed by atoms with E-state index in [2.05, 4.69) is 63.1 Å². The van der Waals surface area contributed by atoms with Crippen LogP contribution in [-0.4, -0.2) is 12.0 Å². The number of nitriles is 2. The van der Waals surface area contributed by atoms with Crippen LogP contribution in [0.25, 0.3) is 28.4 Å². The summed E-state index contributed by atoms with van der Waals surface area (Å²) < 4.78 is 1.10. The number of nitrogens with zero attached hydrogens (tertiary/aromatic N) is 4. The lowest BCUT2D eigenvalue weighted by atomic mass is 10.1. The number of anilines is 1. The minimum atomic E-state index is 0.954. The Balaban J connectivity index is 1.81. The van der Waals surface area contributed by atoms with Gasteiger partial charge in [0.05, 0.1) is 22.4 Å². The van der Waals surface area contributed by atoms with Gasteiger partial charge in [-0.3, -0.25) is 0 Å². The first kappa shape index (κ1) is 22.7. The second-order valence-electron chi connectivity index (χ2n) is 7.48. The third kappa shape index (κ3) is 5.60. The predicted molar refractivity (Wildman–Crippen MR) is 136 cm³/mol. The van der Waals surface area contributed by atoms with E-state index in [1.807, 2.05) is 36.4 Å². The monoisotopic (exact) mass is 436 g/mol. The molecule has 0 spiro atoms. The standard InChI is InChI=1S/C27H24N4S/c1-19(16-27-30-24-11-9-23(8-6-14-29)18-26(24)32-27)15-21(3)31(4)25-12-10-22(7-5-13-28)17-20(25)2/h5-12,15-18H,1-4H3/b7-5+,8-6+,19-16+,21-15+. The maximum Gasteiger partial charge on any atom is 0.117 e. The number of allylic oxidation sites excluding steroid dienone is 5. The second-order valence-corrected chi connectivity index (χ2v) is 8.55. The van der Waals surface area contributed by atoms with Gasteiger partial charge in [0.25, 0.3) is 0 Å². The normalized spacial score (nSPS) is 12.4. The van der Waals surface area contributed by atoms with Crippen molar-refractivity contribution in [3.8, 4) is 12.1 Å². The lowest BCUT2D eigenvalue weighted by Crippen LogP contribution is -2.15. The van der Waals surface area contributed by atoms with Gasteiger partial charge in [-0.25, -0.2) is 4.98 Å². The van der Waals surface area contributed by atoms with E-state index in [0.29, 0.717) is 0 Å². The summed E-state index contributed by atoms with van der Waals surface area (Å²) in [5.41, 5.74) is 7.48. The van der Waals surface area contributed by atoms with Crippen LogP contribution in [0.5, 0.6) is 0 Å². The Morgan fingerprint density at radius 2 is 1.66 bits per heavy atom. The molecule has 0 radical (unpaired) electrons. The van der Waals surface area contributed by atoms with Crippen LogP contribution >= 0.6 is 11.3 Å². The number of aromatic nitrogens is 1. The Bertz CT molecular complexity index is 1340. The largest absolute Gasteiger partial charge is 0.348 e. The Kier molecular flexibility index (Phi) is 7.39. The molecule has 4 nitrogen and oxygen atoms in total. The molecule has 3 aromatic rings. The molecule has 0 saturated heterocycles. The molecule has 1 aromatic heterocycles. The number of hydrogen-bond donors (Lipinski definition) is 0. The van der Waals surface area contributed by atoms with E-state index in [0.717, 1.165) is 48.9 Å². The second kappa shape index (κ2) is 10.4. The summed E-state index contributed by atoms with van der Waals surface area (Å²) in [4.78, 5) is 6.88. The molecule has 0 unspecified atom stereocenters. The average Bonchev–Trinajstić information content (AvgIpc) is 3.16. The summed E-state index contributed by atoms with van der Waals surface area (Å²) in [6, 6.07) is 16.2. The zero-order chi connectivity index (χ0) is 23.1. The van der Waals surface area contributed by atoms with Crippen molar-refractivity contribution in [3.63, 3.8) is 0 Å². The van der Waals surface area contributed by atoms with Gasteiger partial charge in [0.15, 0.2) is 0 Å². The number of fused-ring (bicyclic) bond motifs is 1. The molecule has 1 heterocycles. The Morgan fingerprint density at radius 3 is 2.31 bits per heavy atom. The molecule has 2 aromatic carbocycles. The fourth-order valence-electron chi connectivity index (χ4n) is 3.40. The summed E-state index contributed by atoms with van der Waals surface area (Å²) in [6.07, 6.45) is 10.8. The highest BCUT2D eigenvalue weighted by Gasteiger charge is 2.07. The van der Waals surface area contributed by atoms with E-state index in [1.54, 1.807) is 17.4 Å². The smallest absolute Gasteiger partial charge is 0.117 e. The molecular formula is C27H24N4S. The lowest BCUT2D eigenvalue weighted by molar-refractivity contribution is 1.07. The molecule has 158 valence electrons. The van der Waals surface area contributed by atoms with Crippen molar-refractivity contribution in [2.24, 2.45) is 0 Å². The topological polar surface area (TPSA) is 63.7 Å². The predicted octanol–water partition coefficient (Wildman–Crippen LogP) is 7.12. The van der Waals surface area contributed by atoms with Crippen LogP contribution in [0.1, 0.15) is 35.5 Å². The van der Waals surface area contributed by atoms with Gasteiger partial charge in [-0.15, -0.1) is 11.3 Å². The van der Waals surface area contributed by atoms with Crippen molar-refractivity contribution >= 4 is 45.5 Å². The van der Waals surface area contributed by atoms with E-state index in [1.165, 1.54) is 12.2 Å². The van der Waals surface area contributed by atoms with Gasteiger partial charge in [0.2, 0.25) is 0 Å². The molecule has 32 heavy (non-hydrogen) atoms. The van der Waals surface area contributed by atoms with Crippen LogP contribution in [-0.2, 0) is 0 Å². The Labute approximate surface area is 193 Å². The third-order valence-electron chi connectivity index (χ3n) is 5.03. The quantitative estimate of drug-likeness (QED) is 0.305. The summed E-state index contributed by atoms with van der Waals surface area (Å²) in [5, 5.41) is 18.4. The van der Waals surface area contributed by atoms with Gasteiger partial charge in [0, 0.05) is 30.6 Å². The average molecular weight is 437 g/mol. The number of aryl methyl sites for hydroxylation is 1. The van der Waals surface area contributed by atoms with Crippen LogP contribution in [0.3, 0.4) is 0 Å². The minimum absolute atomic E-state index is 0.954. The molecule has 5 heteroatoms. The van der Waals surface area contributed by atoms with E-state index in [-0.39, 0.29) is 0 Å². The van der Waals surface area contributed by atoms with Gasteiger partial charge < -0.3 is 4.90 Å². The Hall–Kier alpha value is -3.93. The van der Waals surface area contributed by atoms with Crippen LogP contribution in [0, 0.1) is 29.6 Å². The maximum atomic E-state index is 8.71. The van der Waals surface area contributed by atoms with Gasteiger partial charge in [0.1, 0.15) is 5.01 Å². The number of hydrogen-bond acceptors (Lipinski definition) is 5. The summed E-state index contributed by atoms with van der Waals surface area (Å²) in [7, 11) is 2.06. The van der Waals surface area contributed by atoms with Crippen molar-refractivity contribution in [1.29, 1.82) is 10.5 Å². The molecule has 0 aliphatic rings. The highest BCUT2D eigenvalue weighted by molar-refractivity contribution is 7.19. The van der Waals surface area contributed by atoms with E-state index in [9.17, 15) is 0 Å². The van der Waals surface area contributed by atoms with Gasteiger partial charge in [-0.1, -0.05) is 12.1 Å². The van der Waals surface area contributed by atoms with Crippen LogP contribution in [0.2, 0.25) is 0 Å². The van der Waals surface area contributed by atoms with E-state index < -0.39 is 0 Å². The highest BCUT2D eigenvalue weighted by atomic mass is 32.1. The molecular weight excluding hydrogens is 412 g/mol. The maximum absolute atomic E-state index is 8.71. The first-order valence-electron chi connectivity index (χ1n) is 10.1. The summed E-state index contributed by atoms with van der Waals surface area (Å²) in [6.45, 7) is 6.24. The summed E-state index contributed by atoms with van der Waals surface area (Å²) >= 11 is 1.64. The van der Waals surface area contributed by atoms with E-state index in [4.69, 9.17) is 15.5 Å². The molecule has 0 bridgehead atoms. The van der Waals surface area contributed by atoms with Crippen LogP contribution < -0.4 is 4.90 Å². The van der Waals surface area contributed by atoms with Gasteiger partial charge >= 0.3 is 0 Å². The zero-order valence-corrected chi connectivity index (χ0v) is 19.4. The van der Waals surface area contributed by atoms with Crippen molar-refractivity contribution in [1.82, 2.24) is 4.98 Å². The van der Waals surface area contributed by atoms with E-state index >= 15 is 0 Å². The molecule has 0 N–H and O–H groups in total. The first-order chi connectivity index (χ1) is 15.4. The molecule has 0 atom stereocenters. The Morgan fingerprint density at radius 1 is 1.00 bits per heavy atom. The SMILES string of the molecule is CC(=C\c1nc2ccc(/C=C/C#N)cc2s1)/C=C(\C)N(C)c1ccc(/C=C/C#N)cc1C. The molecule has 0 aliphatic heterocycles. The van der Waals surface area contributed by atoms with Crippen molar-refractivity contribution < 1.29 is 0 Å². The lowest BCUT2D eigenvalue weighted by Gasteiger charge is -2.22. The molecule has 0 fully saturated rings. The third-order valence-corrected chi connectivity index (χ3v) is 5.99. The van der Waals surface area contributed by atoms with Crippen molar-refractivity contribution in [3.05, 3.63) is 87.6 Å². The van der Waals surface area contributed by atoms with Crippen molar-refractivity contribution in [2.75, 3.05) is 11.9 Å². The highest BCUT2D eigenvalue weighted by Crippen LogP contribution is 2.27. The molecule has 0 aliphatic carbocycles. The first-order valence-corrected chi connectivity index (χ1v) is 11.0. The van der Waals surface area contributed by atoms with Gasteiger partial charge in [-0.2, -0.15) is 10.5 Å². The van der Waals surface area contributed by atoms with Crippen LogP contribution in [0.15, 0.2) is 65.9 Å². The summed E-state index contributed by atoms with van der Waals surface area (Å²) in [5.74, 6) is 0.